The Morgan fingerprint density at radius 2 is 2.26 bits per heavy atom. The number of ether oxygens (including phenoxy) is 3. The molecule has 0 aliphatic carbocycles. The molecule has 1 aromatic rings. The van der Waals surface area contributed by atoms with Gasteiger partial charge in [-0.2, -0.15) is 0 Å². The number of nitrogens with zero attached hydrogens (tertiary/aromatic N) is 1. The third-order valence-corrected chi connectivity index (χ3v) is 3.59. The SMILES string of the molecule is c1cncc(CNC[C@H]2COC3(CCOCC3)O2)c1. The molecule has 2 fully saturated rings. The highest BCUT2D eigenvalue weighted by Gasteiger charge is 2.42. The molecular formula is C14H20N2O3. The second-order valence-corrected chi connectivity index (χ2v) is 5.07. The van der Waals surface area contributed by atoms with E-state index in [-0.39, 0.29) is 11.9 Å². The van der Waals surface area contributed by atoms with Gasteiger partial charge >= 0.3 is 0 Å². The van der Waals surface area contributed by atoms with E-state index in [9.17, 15) is 0 Å². The van der Waals surface area contributed by atoms with E-state index in [1.54, 1.807) is 6.20 Å². The minimum absolute atomic E-state index is 0.134. The van der Waals surface area contributed by atoms with Crippen LogP contribution in [0.2, 0.25) is 0 Å². The maximum atomic E-state index is 6.05. The summed E-state index contributed by atoms with van der Waals surface area (Å²) in [5.74, 6) is -0.376. The number of nitrogens with one attached hydrogen (secondary N) is 1. The van der Waals surface area contributed by atoms with E-state index in [1.807, 2.05) is 12.3 Å². The zero-order chi connectivity index (χ0) is 13.0. The predicted molar refractivity (Wildman–Crippen MR) is 69.6 cm³/mol. The molecule has 0 saturated carbocycles. The largest absolute Gasteiger partial charge is 0.381 e. The molecule has 0 aromatic carbocycles. The van der Waals surface area contributed by atoms with E-state index in [0.29, 0.717) is 6.61 Å². The Morgan fingerprint density at radius 1 is 1.37 bits per heavy atom. The summed E-state index contributed by atoms with van der Waals surface area (Å²) in [6, 6.07) is 4.01. The van der Waals surface area contributed by atoms with Gasteiger partial charge in [0, 0.05) is 38.3 Å². The molecule has 1 aromatic heterocycles. The van der Waals surface area contributed by atoms with Gasteiger partial charge in [-0.05, 0) is 11.6 Å². The second kappa shape index (κ2) is 5.96. The smallest absolute Gasteiger partial charge is 0.173 e. The fourth-order valence-corrected chi connectivity index (χ4v) is 2.54. The number of pyridine rings is 1. The molecule has 0 amide bonds. The van der Waals surface area contributed by atoms with Crippen molar-refractivity contribution in [3.05, 3.63) is 30.1 Å². The van der Waals surface area contributed by atoms with Crippen LogP contribution in [-0.2, 0) is 20.8 Å². The maximum absolute atomic E-state index is 6.05. The minimum atomic E-state index is -0.376. The van der Waals surface area contributed by atoms with Crippen molar-refractivity contribution in [3.63, 3.8) is 0 Å². The highest BCUT2D eigenvalue weighted by molar-refractivity contribution is 5.07. The molecule has 1 N–H and O–H groups in total. The van der Waals surface area contributed by atoms with E-state index in [1.165, 1.54) is 5.56 Å². The lowest BCUT2D eigenvalue weighted by atomic mass is 10.1. The van der Waals surface area contributed by atoms with Crippen molar-refractivity contribution in [1.29, 1.82) is 0 Å². The first-order valence-electron chi connectivity index (χ1n) is 6.85. The van der Waals surface area contributed by atoms with Crippen LogP contribution in [0.15, 0.2) is 24.5 Å². The van der Waals surface area contributed by atoms with Gasteiger partial charge < -0.3 is 19.5 Å². The van der Waals surface area contributed by atoms with Gasteiger partial charge in [-0.1, -0.05) is 6.07 Å². The molecule has 104 valence electrons. The fourth-order valence-electron chi connectivity index (χ4n) is 2.54. The van der Waals surface area contributed by atoms with Crippen LogP contribution in [0.1, 0.15) is 18.4 Å². The number of hydrogen-bond donors (Lipinski definition) is 1. The molecular weight excluding hydrogens is 244 g/mol. The van der Waals surface area contributed by atoms with Crippen LogP contribution in [0.4, 0.5) is 0 Å². The van der Waals surface area contributed by atoms with Gasteiger partial charge in [0.1, 0.15) is 0 Å². The summed E-state index contributed by atoms with van der Waals surface area (Å²) in [5.41, 5.74) is 1.18. The van der Waals surface area contributed by atoms with Crippen molar-refractivity contribution >= 4 is 0 Å². The van der Waals surface area contributed by atoms with E-state index in [4.69, 9.17) is 14.2 Å². The number of rotatable bonds is 4. The third-order valence-electron chi connectivity index (χ3n) is 3.59. The lowest BCUT2D eigenvalue weighted by molar-refractivity contribution is -0.210. The van der Waals surface area contributed by atoms with Crippen molar-refractivity contribution < 1.29 is 14.2 Å². The first-order chi connectivity index (χ1) is 9.36. The first kappa shape index (κ1) is 13.0. The quantitative estimate of drug-likeness (QED) is 0.882. The van der Waals surface area contributed by atoms with Crippen molar-refractivity contribution in [3.8, 4) is 0 Å². The zero-order valence-corrected chi connectivity index (χ0v) is 11.0. The average molecular weight is 264 g/mol. The second-order valence-electron chi connectivity index (χ2n) is 5.07. The van der Waals surface area contributed by atoms with Crippen LogP contribution in [0.5, 0.6) is 0 Å². The van der Waals surface area contributed by atoms with Gasteiger partial charge in [-0.3, -0.25) is 4.98 Å². The van der Waals surface area contributed by atoms with E-state index >= 15 is 0 Å². The van der Waals surface area contributed by atoms with Gasteiger partial charge in [0.05, 0.1) is 25.9 Å². The highest BCUT2D eigenvalue weighted by atomic mass is 16.7. The topological polar surface area (TPSA) is 52.6 Å². The summed E-state index contributed by atoms with van der Waals surface area (Å²) in [7, 11) is 0. The van der Waals surface area contributed by atoms with Gasteiger partial charge in [0.15, 0.2) is 5.79 Å². The van der Waals surface area contributed by atoms with Gasteiger partial charge in [0.2, 0.25) is 0 Å². The van der Waals surface area contributed by atoms with E-state index in [2.05, 4.69) is 16.4 Å². The molecule has 2 aliphatic heterocycles. The molecule has 3 heterocycles. The van der Waals surface area contributed by atoms with Crippen LogP contribution in [-0.4, -0.2) is 43.2 Å². The number of aromatic nitrogens is 1. The van der Waals surface area contributed by atoms with Crippen molar-refractivity contribution in [1.82, 2.24) is 10.3 Å². The normalized spacial score (nSPS) is 25.8. The Balaban J connectivity index is 1.42. The Hall–Kier alpha value is -1.01. The van der Waals surface area contributed by atoms with Crippen LogP contribution in [0.3, 0.4) is 0 Å². The van der Waals surface area contributed by atoms with Crippen molar-refractivity contribution in [2.75, 3.05) is 26.4 Å². The molecule has 1 atom stereocenters. The van der Waals surface area contributed by atoms with E-state index < -0.39 is 0 Å². The van der Waals surface area contributed by atoms with Crippen molar-refractivity contribution in [2.45, 2.75) is 31.3 Å². The standard InChI is InChI=1S/C14H20N2O3/c1-2-12(8-15-5-1)9-16-10-13-11-18-14(19-13)3-6-17-7-4-14/h1-2,5,8,13,16H,3-4,6-7,9-11H2/t13-/m0/s1. The minimum Gasteiger partial charge on any atom is -0.381 e. The Labute approximate surface area is 113 Å². The highest BCUT2D eigenvalue weighted by Crippen LogP contribution is 2.32. The summed E-state index contributed by atoms with van der Waals surface area (Å²) >= 11 is 0. The molecule has 5 heteroatoms. The number of hydrogen-bond acceptors (Lipinski definition) is 5. The molecule has 5 nitrogen and oxygen atoms in total. The van der Waals surface area contributed by atoms with Gasteiger partial charge in [-0.15, -0.1) is 0 Å². The van der Waals surface area contributed by atoms with Crippen LogP contribution >= 0.6 is 0 Å². The summed E-state index contributed by atoms with van der Waals surface area (Å²) in [4.78, 5) is 4.09. The lowest BCUT2D eigenvalue weighted by Crippen LogP contribution is -2.39. The molecule has 0 bridgehead atoms. The molecule has 0 unspecified atom stereocenters. The summed E-state index contributed by atoms with van der Waals surface area (Å²) in [6.07, 6.45) is 5.47. The van der Waals surface area contributed by atoms with E-state index in [0.717, 1.165) is 39.1 Å². The summed E-state index contributed by atoms with van der Waals surface area (Å²) in [5, 5.41) is 3.39. The lowest BCUT2D eigenvalue weighted by Gasteiger charge is -2.31. The summed E-state index contributed by atoms with van der Waals surface area (Å²) < 4.78 is 17.2. The Morgan fingerprint density at radius 3 is 3.05 bits per heavy atom. The molecule has 0 radical (unpaired) electrons. The monoisotopic (exact) mass is 264 g/mol. The average Bonchev–Trinajstić information content (AvgIpc) is 2.84. The molecule has 3 rings (SSSR count). The first-order valence-corrected chi connectivity index (χ1v) is 6.85. The predicted octanol–water partition coefficient (Wildman–Crippen LogP) is 1.09. The Kier molecular flexibility index (Phi) is 4.08. The van der Waals surface area contributed by atoms with Crippen LogP contribution in [0.25, 0.3) is 0 Å². The molecule has 1 spiro atoms. The fraction of sp³-hybridized carbons (Fsp3) is 0.643. The van der Waals surface area contributed by atoms with Gasteiger partial charge in [-0.25, -0.2) is 0 Å². The molecule has 2 aliphatic rings. The van der Waals surface area contributed by atoms with Crippen molar-refractivity contribution in [2.24, 2.45) is 0 Å². The van der Waals surface area contributed by atoms with Crippen LogP contribution in [0, 0.1) is 0 Å². The third kappa shape index (κ3) is 3.30. The van der Waals surface area contributed by atoms with Crippen LogP contribution < -0.4 is 5.32 Å². The Bertz CT molecular complexity index is 393. The van der Waals surface area contributed by atoms with Gasteiger partial charge in [0.25, 0.3) is 0 Å². The zero-order valence-electron chi connectivity index (χ0n) is 11.0. The molecule has 19 heavy (non-hydrogen) atoms. The summed E-state index contributed by atoms with van der Waals surface area (Å²) in [6.45, 7) is 3.74. The maximum Gasteiger partial charge on any atom is 0.173 e. The molecule has 2 saturated heterocycles.